The van der Waals surface area contributed by atoms with Gasteiger partial charge in [0.05, 0.1) is 12.7 Å². The van der Waals surface area contributed by atoms with E-state index in [1.165, 1.54) is 7.11 Å². The van der Waals surface area contributed by atoms with Crippen LogP contribution in [0.4, 0.5) is 0 Å². The Morgan fingerprint density at radius 2 is 1.48 bits per heavy atom. The van der Waals surface area contributed by atoms with Crippen LogP contribution in [0.1, 0.15) is 44.0 Å². The van der Waals surface area contributed by atoms with Crippen molar-refractivity contribution in [2.24, 2.45) is 0 Å². The predicted octanol–water partition coefficient (Wildman–Crippen LogP) is 4.39. The highest BCUT2D eigenvalue weighted by Crippen LogP contribution is 2.28. The maximum absolute atomic E-state index is 13.3. The number of hydrogen-bond acceptors (Lipinski definition) is 5. The lowest BCUT2D eigenvalue weighted by Crippen LogP contribution is -2.42. The van der Waals surface area contributed by atoms with Gasteiger partial charge in [0.15, 0.2) is 0 Å². The number of benzene rings is 3. The standard InChI is InChI=1S/C25H27NO5/c1-25(2,3)31-21(27)14-13-20(24(29)30-4)26-23(28)22-18-11-7-5-9-16(18)15-17-10-6-8-12-19(17)22/h5-12,15,20H,13-14H2,1-4H3,(H,26,28)/t20-/m0/s1. The lowest BCUT2D eigenvalue weighted by Gasteiger charge is -2.21. The van der Waals surface area contributed by atoms with Crippen molar-refractivity contribution < 1.29 is 23.9 Å². The highest BCUT2D eigenvalue weighted by atomic mass is 16.6. The van der Waals surface area contributed by atoms with Gasteiger partial charge in [-0.3, -0.25) is 9.59 Å². The van der Waals surface area contributed by atoms with Crippen LogP contribution < -0.4 is 5.32 Å². The van der Waals surface area contributed by atoms with Crippen LogP contribution in [0.25, 0.3) is 21.5 Å². The Hall–Kier alpha value is -3.41. The molecule has 1 atom stereocenters. The van der Waals surface area contributed by atoms with E-state index in [2.05, 4.69) is 5.32 Å². The van der Waals surface area contributed by atoms with Gasteiger partial charge in [-0.15, -0.1) is 0 Å². The fourth-order valence-electron chi connectivity index (χ4n) is 3.53. The second-order valence-corrected chi connectivity index (χ2v) is 8.37. The van der Waals surface area contributed by atoms with Crippen molar-refractivity contribution in [1.29, 1.82) is 0 Å². The van der Waals surface area contributed by atoms with Crippen LogP contribution in [0.3, 0.4) is 0 Å². The van der Waals surface area contributed by atoms with Crippen molar-refractivity contribution in [2.75, 3.05) is 7.11 Å². The predicted molar refractivity (Wildman–Crippen MR) is 120 cm³/mol. The molecule has 1 amide bonds. The molecular formula is C25H27NO5. The topological polar surface area (TPSA) is 81.7 Å². The summed E-state index contributed by atoms with van der Waals surface area (Å²) >= 11 is 0. The molecule has 6 nitrogen and oxygen atoms in total. The first-order chi connectivity index (χ1) is 14.7. The fraction of sp³-hybridized carbons (Fsp3) is 0.320. The Morgan fingerprint density at radius 1 is 0.935 bits per heavy atom. The minimum Gasteiger partial charge on any atom is -0.467 e. The van der Waals surface area contributed by atoms with Gasteiger partial charge in [-0.25, -0.2) is 4.79 Å². The van der Waals surface area contributed by atoms with Crippen molar-refractivity contribution in [1.82, 2.24) is 5.32 Å². The Bertz CT molecular complexity index is 1080. The second-order valence-electron chi connectivity index (χ2n) is 8.37. The quantitative estimate of drug-likeness (QED) is 0.472. The van der Waals surface area contributed by atoms with Gasteiger partial charge in [0.1, 0.15) is 11.6 Å². The van der Waals surface area contributed by atoms with Crippen LogP contribution in [0.5, 0.6) is 0 Å². The van der Waals surface area contributed by atoms with Crippen LogP contribution in [-0.2, 0) is 19.1 Å². The molecule has 0 saturated carbocycles. The van der Waals surface area contributed by atoms with Gasteiger partial charge in [0.25, 0.3) is 5.91 Å². The van der Waals surface area contributed by atoms with Gasteiger partial charge < -0.3 is 14.8 Å². The van der Waals surface area contributed by atoms with Crippen molar-refractivity contribution in [3.05, 3.63) is 60.2 Å². The number of fused-ring (bicyclic) bond motifs is 2. The Balaban J connectivity index is 1.90. The Morgan fingerprint density at radius 3 is 2.00 bits per heavy atom. The molecular weight excluding hydrogens is 394 g/mol. The summed E-state index contributed by atoms with van der Waals surface area (Å²) in [5.74, 6) is -1.44. The molecule has 162 valence electrons. The SMILES string of the molecule is COC(=O)[C@H](CCC(=O)OC(C)(C)C)NC(=O)c1c2ccccc2cc2ccccc12. The number of esters is 2. The largest absolute Gasteiger partial charge is 0.467 e. The molecule has 0 saturated heterocycles. The molecule has 0 aliphatic carbocycles. The average Bonchev–Trinajstić information content (AvgIpc) is 2.72. The number of amides is 1. The Labute approximate surface area is 181 Å². The number of hydrogen-bond donors (Lipinski definition) is 1. The summed E-state index contributed by atoms with van der Waals surface area (Å²) in [6.07, 6.45) is 0.0592. The maximum atomic E-state index is 13.3. The molecule has 0 fully saturated rings. The van der Waals surface area contributed by atoms with Crippen LogP contribution in [0, 0.1) is 0 Å². The summed E-state index contributed by atoms with van der Waals surface area (Å²) in [6, 6.07) is 16.3. The van der Waals surface area contributed by atoms with Crippen LogP contribution >= 0.6 is 0 Å². The highest BCUT2D eigenvalue weighted by molar-refractivity contribution is 6.18. The summed E-state index contributed by atoms with van der Waals surface area (Å²) < 4.78 is 10.2. The zero-order valence-electron chi connectivity index (χ0n) is 18.2. The molecule has 0 heterocycles. The second kappa shape index (κ2) is 9.16. The van der Waals surface area contributed by atoms with Gasteiger partial charge in [0.2, 0.25) is 0 Å². The van der Waals surface area contributed by atoms with E-state index in [0.717, 1.165) is 21.5 Å². The third kappa shape index (κ3) is 5.40. The lowest BCUT2D eigenvalue weighted by atomic mass is 9.96. The number of nitrogens with one attached hydrogen (secondary N) is 1. The van der Waals surface area contributed by atoms with Gasteiger partial charge in [-0.2, -0.15) is 0 Å². The summed E-state index contributed by atoms with van der Waals surface area (Å²) in [5.41, 5.74) is -0.136. The lowest BCUT2D eigenvalue weighted by molar-refractivity contribution is -0.155. The monoisotopic (exact) mass is 421 g/mol. The first kappa shape index (κ1) is 22.3. The zero-order valence-corrected chi connectivity index (χ0v) is 18.2. The van der Waals surface area contributed by atoms with E-state index < -0.39 is 29.5 Å². The van der Waals surface area contributed by atoms with Gasteiger partial charge in [-0.1, -0.05) is 48.5 Å². The third-order valence-corrected chi connectivity index (χ3v) is 4.85. The molecule has 3 aromatic rings. The van der Waals surface area contributed by atoms with Gasteiger partial charge in [0, 0.05) is 6.42 Å². The number of rotatable bonds is 6. The van der Waals surface area contributed by atoms with Gasteiger partial charge in [-0.05, 0) is 54.8 Å². The molecule has 3 aromatic carbocycles. The number of methoxy groups -OCH3 is 1. The van der Waals surface area contributed by atoms with E-state index in [9.17, 15) is 14.4 Å². The van der Waals surface area contributed by atoms with Crippen molar-refractivity contribution in [3.63, 3.8) is 0 Å². The number of carbonyl (C=O) groups excluding carboxylic acids is 3. The smallest absolute Gasteiger partial charge is 0.328 e. The maximum Gasteiger partial charge on any atom is 0.328 e. The van der Waals surface area contributed by atoms with Gasteiger partial charge >= 0.3 is 11.9 Å². The van der Waals surface area contributed by atoms with Crippen molar-refractivity contribution >= 4 is 39.4 Å². The summed E-state index contributed by atoms with van der Waals surface area (Å²) in [5, 5.41) is 6.19. The third-order valence-electron chi connectivity index (χ3n) is 4.85. The molecule has 0 radical (unpaired) electrons. The van der Waals surface area contributed by atoms with E-state index in [4.69, 9.17) is 9.47 Å². The highest BCUT2D eigenvalue weighted by Gasteiger charge is 2.26. The number of ether oxygens (including phenoxy) is 2. The first-order valence-corrected chi connectivity index (χ1v) is 10.2. The van der Waals surface area contributed by atoms with Crippen molar-refractivity contribution in [2.45, 2.75) is 45.3 Å². The molecule has 0 unspecified atom stereocenters. The summed E-state index contributed by atoms with van der Waals surface area (Å²) in [7, 11) is 1.25. The average molecular weight is 421 g/mol. The molecule has 6 heteroatoms. The molecule has 31 heavy (non-hydrogen) atoms. The summed E-state index contributed by atoms with van der Waals surface area (Å²) in [4.78, 5) is 37.7. The van der Waals surface area contributed by atoms with Crippen LogP contribution in [0.15, 0.2) is 54.6 Å². The molecule has 0 aromatic heterocycles. The molecule has 0 aliphatic rings. The van der Waals surface area contributed by atoms with E-state index in [1.807, 2.05) is 54.6 Å². The normalized spacial score (nSPS) is 12.4. The van der Waals surface area contributed by atoms with Crippen molar-refractivity contribution in [3.8, 4) is 0 Å². The zero-order chi connectivity index (χ0) is 22.6. The van der Waals surface area contributed by atoms with E-state index in [0.29, 0.717) is 5.56 Å². The molecule has 0 spiro atoms. The molecule has 3 rings (SSSR count). The Kier molecular flexibility index (Phi) is 6.59. The van der Waals surface area contributed by atoms with Crippen LogP contribution in [0.2, 0.25) is 0 Å². The van der Waals surface area contributed by atoms with E-state index >= 15 is 0 Å². The minimum absolute atomic E-state index is 0.0202. The minimum atomic E-state index is -0.970. The summed E-state index contributed by atoms with van der Waals surface area (Å²) in [6.45, 7) is 5.32. The van der Waals surface area contributed by atoms with Crippen LogP contribution in [-0.4, -0.2) is 36.6 Å². The number of carbonyl (C=O) groups is 3. The molecule has 0 bridgehead atoms. The first-order valence-electron chi connectivity index (χ1n) is 10.2. The fourth-order valence-corrected chi connectivity index (χ4v) is 3.53. The van der Waals surface area contributed by atoms with E-state index in [1.54, 1.807) is 20.8 Å². The van der Waals surface area contributed by atoms with E-state index in [-0.39, 0.29) is 12.8 Å². The molecule has 0 aliphatic heterocycles. The molecule has 1 N–H and O–H groups in total.